The average molecular weight is 419 g/mol. The van der Waals surface area contributed by atoms with E-state index in [2.05, 4.69) is 0 Å². The summed E-state index contributed by atoms with van der Waals surface area (Å²) < 4.78 is 34.0. The van der Waals surface area contributed by atoms with Crippen LogP contribution < -0.4 is 0 Å². The van der Waals surface area contributed by atoms with Crippen LogP contribution in [0, 0.1) is 13.8 Å². The Kier molecular flexibility index (Phi) is 6.24. The van der Waals surface area contributed by atoms with Crippen LogP contribution in [0.5, 0.6) is 0 Å². The monoisotopic (exact) mass is 418 g/mol. The fraction of sp³-hybridized carbons (Fsp3) is 0.429. The molecule has 0 spiro atoms. The minimum absolute atomic E-state index is 0.0617. The van der Waals surface area contributed by atoms with Gasteiger partial charge in [-0.3, -0.25) is 4.79 Å². The number of aromatic nitrogens is 1. The minimum Gasteiger partial charge on any atom is -0.454 e. The van der Waals surface area contributed by atoms with Crippen LogP contribution >= 0.6 is 0 Å². The minimum atomic E-state index is -3.62. The molecule has 0 bridgehead atoms. The van der Waals surface area contributed by atoms with E-state index in [1.54, 1.807) is 6.07 Å². The summed E-state index contributed by atoms with van der Waals surface area (Å²) in [5, 5.41) is 0. The number of ether oxygens (including phenoxy) is 1. The first kappa shape index (κ1) is 21.3. The fourth-order valence-electron chi connectivity index (χ4n) is 3.72. The molecule has 0 atom stereocenters. The van der Waals surface area contributed by atoms with Crippen molar-refractivity contribution in [3.05, 3.63) is 52.8 Å². The topological polar surface area (TPSA) is 85.7 Å². The van der Waals surface area contributed by atoms with Gasteiger partial charge in [-0.05, 0) is 57.9 Å². The van der Waals surface area contributed by atoms with Crippen molar-refractivity contribution in [2.45, 2.75) is 45.1 Å². The summed E-state index contributed by atoms with van der Waals surface area (Å²) in [5.74, 6) is -1.01. The molecule has 0 amide bonds. The van der Waals surface area contributed by atoms with Crippen LogP contribution in [0.15, 0.2) is 35.2 Å². The summed E-state index contributed by atoms with van der Waals surface area (Å²) in [5.41, 5.74) is 2.45. The molecule has 1 saturated heterocycles. The van der Waals surface area contributed by atoms with Crippen LogP contribution in [0.3, 0.4) is 0 Å². The lowest BCUT2D eigenvalue weighted by molar-refractivity contribution is 0.0474. The molecule has 0 unspecified atom stereocenters. The van der Waals surface area contributed by atoms with E-state index >= 15 is 0 Å². The maximum atomic E-state index is 12.7. The molecule has 2 heterocycles. The zero-order valence-corrected chi connectivity index (χ0v) is 17.8. The number of carbonyl (C=O) groups is 2. The number of carbonyl (C=O) groups excluding carboxylic acids is 2. The highest BCUT2D eigenvalue weighted by Gasteiger charge is 2.28. The quantitative estimate of drug-likeness (QED) is 0.510. The number of nitrogens with zero attached hydrogens (tertiary/aromatic N) is 2. The molecule has 0 N–H and O–H groups in total. The first-order chi connectivity index (χ1) is 13.8. The first-order valence-electron chi connectivity index (χ1n) is 9.73. The highest BCUT2D eigenvalue weighted by molar-refractivity contribution is 7.89. The van der Waals surface area contributed by atoms with Gasteiger partial charge >= 0.3 is 5.97 Å². The van der Waals surface area contributed by atoms with Gasteiger partial charge in [0.2, 0.25) is 15.8 Å². The van der Waals surface area contributed by atoms with Crippen molar-refractivity contribution >= 4 is 21.8 Å². The van der Waals surface area contributed by atoms with E-state index in [9.17, 15) is 18.0 Å². The van der Waals surface area contributed by atoms with Gasteiger partial charge in [-0.2, -0.15) is 4.31 Å². The SMILES string of the molecule is CCn1c(C)cc(C(=O)COC(=O)c2cccc(S(=O)(=O)N3CCCC3)c2)c1C. The summed E-state index contributed by atoms with van der Waals surface area (Å²) in [6.45, 7) is 7.11. The van der Waals surface area contributed by atoms with Gasteiger partial charge in [-0.25, -0.2) is 13.2 Å². The normalized spacial score (nSPS) is 14.9. The Bertz CT molecular complexity index is 1030. The Labute approximate surface area is 171 Å². The molecular weight excluding hydrogens is 392 g/mol. The Morgan fingerprint density at radius 1 is 1.10 bits per heavy atom. The third kappa shape index (κ3) is 4.28. The van der Waals surface area contributed by atoms with Crippen molar-refractivity contribution in [1.29, 1.82) is 0 Å². The Morgan fingerprint density at radius 3 is 2.41 bits per heavy atom. The Morgan fingerprint density at radius 2 is 1.79 bits per heavy atom. The highest BCUT2D eigenvalue weighted by Crippen LogP contribution is 2.22. The van der Waals surface area contributed by atoms with Crippen LogP contribution in [0.1, 0.15) is 51.9 Å². The third-order valence-electron chi connectivity index (χ3n) is 5.30. The molecule has 1 aliphatic rings. The van der Waals surface area contributed by atoms with E-state index in [-0.39, 0.29) is 16.2 Å². The second-order valence-corrected chi connectivity index (χ2v) is 9.11. The predicted octanol–water partition coefficient (Wildman–Crippen LogP) is 2.95. The molecule has 1 aliphatic heterocycles. The first-order valence-corrected chi connectivity index (χ1v) is 11.2. The van der Waals surface area contributed by atoms with E-state index in [1.165, 1.54) is 28.6 Å². The van der Waals surface area contributed by atoms with Gasteiger partial charge in [0.25, 0.3) is 0 Å². The molecule has 0 saturated carbocycles. The van der Waals surface area contributed by atoms with E-state index in [4.69, 9.17) is 4.74 Å². The van der Waals surface area contributed by atoms with E-state index < -0.39 is 22.6 Å². The number of hydrogen-bond acceptors (Lipinski definition) is 5. The molecule has 29 heavy (non-hydrogen) atoms. The zero-order valence-electron chi connectivity index (χ0n) is 17.0. The lowest BCUT2D eigenvalue weighted by Gasteiger charge is -2.15. The second kappa shape index (κ2) is 8.51. The second-order valence-electron chi connectivity index (χ2n) is 7.17. The van der Waals surface area contributed by atoms with Crippen LogP contribution in [-0.4, -0.2) is 48.7 Å². The lowest BCUT2D eigenvalue weighted by Crippen LogP contribution is -2.28. The standard InChI is InChI=1S/C21H26N2O5S/c1-4-23-15(2)12-19(16(23)3)20(24)14-28-21(25)17-8-7-9-18(13-17)29(26,27)22-10-5-6-11-22/h7-9,12-13H,4-6,10-11,14H2,1-3H3. The number of ketones is 1. The largest absolute Gasteiger partial charge is 0.454 e. The van der Waals surface area contributed by atoms with Crippen molar-refractivity contribution in [3.8, 4) is 0 Å². The van der Waals surface area contributed by atoms with Crippen molar-refractivity contribution in [3.63, 3.8) is 0 Å². The van der Waals surface area contributed by atoms with Gasteiger partial charge in [-0.15, -0.1) is 0 Å². The number of sulfonamides is 1. The van der Waals surface area contributed by atoms with E-state index in [0.717, 1.165) is 30.8 Å². The molecule has 7 nitrogen and oxygen atoms in total. The third-order valence-corrected chi connectivity index (χ3v) is 7.19. The number of esters is 1. The van der Waals surface area contributed by atoms with E-state index in [0.29, 0.717) is 18.7 Å². The van der Waals surface area contributed by atoms with Crippen LogP contribution in [-0.2, 0) is 21.3 Å². The van der Waals surface area contributed by atoms with Gasteiger partial charge < -0.3 is 9.30 Å². The van der Waals surface area contributed by atoms with Crippen molar-refractivity contribution in [2.24, 2.45) is 0 Å². The van der Waals surface area contributed by atoms with E-state index in [1.807, 2.05) is 25.3 Å². The fourth-order valence-corrected chi connectivity index (χ4v) is 5.29. The van der Waals surface area contributed by atoms with Gasteiger partial charge in [0.05, 0.1) is 10.5 Å². The van der Waals surface area contributed by atoms with Gasteiger partial charge in [0.15, 0.2) is 6.61 Å². The molecule has 0 radical (unpaired) electrons. The molecule has 0 aliphatic carbocycles. The van der Waals surface area contributed by atoms with Crippen LogP contribution in [0.4, 0.5) is 0 Å². The molecule has 1 fully saturated rings. The van der Waals surface area contributed by atoms with Gasteiger partial charge in [-0.1, -0.05) is 6.07 Å². The number of Topliss-reactive ketones (excluding diaryl/α,β-unsaturated/α-hetero) is 1. The van der Waals surface area contributed by atoms with Crippen molar-refractivity contribution < 1.29 is 22.7 Å². The number of hydrogen-bond donors (Lipinski definition) is 0. The molecular formula is C21H26N2O5S. The summed E-state index contributed by atoms with van der Waals surface area (Å²) in [4.78, 5) is 25.0. The Hall–Kier alpha value is -2.45. The van der Waals surface area contributed by atoms with Crippen molar-refractivity contribution in [1.82, 2.24) is 8.87 Å². The highest BCUT2D eigenvalue weighted by atomic mass is 32.2. The maximum Gasteiger partial charge on any atom is 0.338 e. The number of rotatable bonds is 7. The zero-order chi connectivity index (χ0) is 21.2. The van der Waals surface area contributed by atoms with Gasteiger partial charge in [0, 0.05) is 36.6 Å². The maximum absolute atomic E-state index is 12.7. The molecule has 2 aromatic rings. The molecule has 1 aromatic heterocycles. The van der Waals surface area contributed by atoms with Crippen molar-refractivity contribution in [2.75, 3.05) is 19.7 Å². The summed E-state index contributed by atoms with van der Waals surface area (Å²) in [7, 11) is -3.62. The molecule has 1 aromatic carbocycles. The molecule has 8 heteroatoms. The number of benzene rings is 1. The average Bonchev–Trinajstić information content (AvgIpc) is 3.34. The summed E-state index contributed by atoms with van der Waals surface area (Å²) in [6.07, 6.45) is 1.67. The smallest absolute Gasteiger partial charge is 0.338 e. The van der Waals surface area contributed by atoms with Gasteiger partial charge in [0.1, 0.15) is 0 Å². The molecule has 3 rings (SSSR count). The molecule has 156 valence electrons. The van der Waals surface area contributed by atoms with Crippen LogP contribution in [0.25, 0.3) is 0 Å². The predicted molar refractivity (Wildman–Crippen MR) is 109 cm³/mol. The summed E-state index contributed by atoms with van der Waals surface area (Å²) in [6, 6.07) is 7.56. The van der Waals surface area contributed by atoms with Crippen LogP contribution in [0.2, 0.25) is 0 Å². The number of aryl methyl sites for hydroxylation is 1. The summed E-state index contributed by atoms with van der Waals surface area (Å²) >= 11 is 0. The Balaban J connectivity index is 1.71. The lowest BCUT2D eigenvalue weighted by atomic mass is 10.1.